The van der Waals surface area contributed by atoms with Crippen LogP contribution in [-0.4, -0.2) is 49.3 Å². The summed E-state index contributed by atoms with van der Waals surface area (Å²) in [5.41, 5.74) is 2.18. The molecule has 8 heteroatoms. The molecule has 2 aromatic heterocycles. The Hall–Kier alpha value is -1.70. The molecule has 5 atom stereocenters. The highest BCUT2D eigenvalue weighted by Gasteiger charge is 2.43. The lowest BCUT2D eigenvalue weighted by atomic mass is 9.91. The van der Waals surface area contributed by atoms with E-state index in [2.05, 4.69) is 22.2 Å². The predicted molar refractivity (Wildman–Crippen MR) is 98.6 cm³/mol. The number of ketones is 1. The summed E-state index contributed by atoms with van der Waals surface area (Å²) in [6.07, 6.45) is 2.83. The number of imidazole rings is 1. The van der Waals surface area contributed by atoms with Gasteiger partial charge in [0.15, 0.2) is 11.4 Å². The lowest BCUT2D eigenvalue weighted by Gasteiger charge is -2.26. The Morgan fingerprint density at radius 3 is 2.92 bits per heavy atom. The number of hydrogen-bond donors (Lipinski definition) is 3. The number of nitrogens with zero attached hydrogens (tertiary/aromatic N) is 3. The summed E-state index contributed by atoms with van der Waals surface area (Å²) in [6.45, 7) is 4.05. The van der Waals surface area contributed by atoms with Crippen molar-refractivity contribution in [3.05, 3.63) is 17.0 Å². The fraction of sp³-hybridized carbons (Fsp3) is 0.611. The number of aliphatic hydroxyl groups is 2. The van der Waals surface area contributed by atoms with Gasteiger partial charge in [0.25, 0.3) is 0 Å². The number of carbonyl (C=O) groups is 1. The largest absolute Gasteiger partial charge is 0.396 e. The van der Waals surface area contributed by atoms with Gasteiger partial charge in [-0.3, -0.25) is 4.79 Å². The number of hydrogen-bond acceptors (Lipinski definition) is 6. The minimum Gasteiger partial charge on any atom is -0.396 e. The van der Waals surface area contributed by atoms with Gasteiger partial charge in [-0.15, -0.1) is 0 Å². The molecule has 0 spiro atoms. The third kappa shape index (κ3) is 2.52. The minimum atomic E-state index is -0.584. The molecule has 1 aliphatic heterocycles. The molecule has 3 N–H and O–H groups in total. The van der Waals surface area contributed by atoms with Crippen LogP contribution >= 0.6 is 11.6 Å². The summed E-state index contributed by atoms with van der Waals surface area (Å²) >= 11 is 6.35. The highest BCUT2D eigenvalue weighted by Crippen LogP contribution is 2.44. The van der Waals surface area contributed by atoms with E-state index in [-0.39, 0.29) is 41.5 Å². The Balaban J connectivity index is 1.87. The second kappa shape index (κ2) is 6.48. The van der Waals surface area contributed by atoms with Crippen LogP contribution in [0.2, 0.25) is 5.15 Å². The van der Waals surface area contributed by atoms with Crippen LogP contribution in [0.1, 0.15) is 49.5 Å². The number of aliphatic hydroxyl groups excluding tert-OH is 2. The van der Waals surface area contributed by atoms with Crippen LogP contribution in [0.3, 0.4) is 0 Å². The van der Waals surface area contributed by atoms with E-state index in [9.17, 15) is 15.0 Å². The van der Waals surface area contributed by atoms with Gasteiger partial charge in [0.2, 0.25) is 0 Å². The molecular weight excluding hydrogens is 356 g/mol. The van der Waals surface area contributed by atoms with Crippen molar-refractivity contribution >= 4 is 34.2 Å². The van der Waals surface area contributed by atoms with Gasteiger partial charge in [0, 0.05) is 19.1 Å². The molecule has 0 bridgehead atoms. The topological polar surface area (TPSA) is 100 Å². The van der Waals surface area contributed by atoms with Crippen molar-refractivity contribution in [2.24, 2.45) is 11.8 Å². The summed E-state index contributed by atoms with van der Waals surface area (Å²) in [4.78, 5) is 21.3. The van der Waals surface area contributed by atoms with Crippen molar-refractivity contribution in [1.82, 2.24) is 14.5 Å². The van der Waals surface area contributed by atoms with E-state index >= 15 is 0 Å². The number of Topliss-reactive ketones (excluding diaryl/α,β-unsaturated/α-hetero) is 1. The summed E-state index contributed by atoms with van der Waals surface area (Å²) in [6, 6.07) is -0.221. The average Bonchev–Trinajstić information content (AvgIpc) is 3.14. The van der Waals surface area contributed by atoms with Gasteiger partial charge >= 0.3 is 0 Å². The van der Waals surface area contributed by atoms with E-state index < -0.39 is 6.10 Å². The first-order valence-corrected chi connectivity index (χ1v) is 9.48. The average molecular weight is 379 g/mol. The van der Waals surface area contributed by atoms with Crippen molar-refractivity contribution < 1.29 is 15.0 Å². The van der Waals surface area contributed by atoms with Crippen molar-refractivity contribution in [3.8, 4) is 0 Å². The fourth-order valence-corrected chi connectivity index (χ4v) is 4.95. The van der Waals surface area contributed by atoms with Crippen molar-refractivity contribution in [2.45, 2.75) is 51.3 Å². The second-order valence-electron chi connectivity index (χ2n) is 7.46. The number of nitrogens with one attached hydrogen (secondary N) is 1. The molecule has 3 heterocycles. The van der Waals surface area contributed by atoms with Gasteiger partial charge in [0.05, 0.1) is 29.7 Å². The Morgan fingerprint density at radius 1 is 1.46 bits per heavy atom. The number of aromatic nitrogens is 3. The van der Waals surface area contributed by atoms with Crippen LogP contribution in [-0.2, 0) is 0 Å². The molecular formula is C18H23ClN4O3. The van der Waals surface area contributed by atoms with Crippen LogP contribution in [0.15, 0.2) is 6.33 Å². The molecule has 0 aromatic carbocycles. The summed E-state index contributed by atoms with van der Waals surface area (Å²) in [5, 5.41) is 23.8. The lowest BCUT2D eigenvalue weighted by Crippen LogP contribution is -2.28. The van der Waals surface area contributed by atoms with Crippen molar-refractivity contribution in [1.29, 1.82) is 0 Å². The van der Waals surface area contributed by atoms with Gasteiger partial charge in [-0.1, -0.05) is 24.9 Å². The number of pyridine rings is 1. The molecule has 4 rings (SSSR count). The van der Waals surface area contributed by atoms with Crippen molar-refractivity contribution in [3.63, 3.8) is 0 Å². The maximum Gasteiger partial charge on any atom is 0.170 e. The van der Waals surface area contributed by atoms with Crippen LogP contribution in [0, 0.1) is 11.8 Å². The fourth-order valence-electron chi connectivity index (χ4n) is 4.67. The van der Waals surface area contributed by atoms with E-state index in [0.717, 1.165) is 6.42 Å². The smallest absolute Gasteiger partial charge is 0.170 e. The van der Waals surface area contributed by atoms with Gasteiger partial charge in [-0.05, 0) is 25.2 Å². The highest BCUT2D eigenvalue weighted by molar-refractivity contribution is 6.34. The zero-order chi connectivity index (χ0) is 18.6. The lowest BCUT2D eigenvalue weighted by molar-refractivity contribution is 0.0974. The van der Waals surface area contributed by atoms with Crippen LogP contribution < -0.4 is 5.32 Å². The van der Waals surface area contributed by atoms with Gasteiger partial charge in [0.1, 0.15) is 10.7 Å². The number of rotatable bonds is 3. The molecule has 7 nitrogen and oxygen atoms in total. The minimum absolute atomic E-state index is 0.000970. The number of halogens is 1. The van der Waals surface area contributed by atoms with E-state index in [4.69, 9.17) is 11.6 Å². The zero-order valence-electron chi connectivity index (χ0n) is 14.8. The Morgan fingerprint density at radius 2 is 2.23 bits per heavy atom. The first-order valence-electron chi connectivity index (χ1n) is 9.10. The molecule has 3 unspecified atom stereocenters. The number of fused-ring (bicyclic) bond motifs is 3. The number of carbonyl (C=O) groups excluding carboxylic acids is 1. The summed E-state index contributed by atoms with van der Waals surface area (Å²) in [7, 11) is 0. The van der Waals surface area contributed by atoms with E-state index in [1.807, 2.05) is 11.5 Å². The third-order valence-electron chi connectivity index (χ3n) is 5.84. The van der Waals surface area contributed by atoms with Crippen LogP contribution in [0.4, 0.5) is 5.69 Å². The molecule has 2 aromatic rings. The maximum atomic E-state index is 12.4. The van der Waals surface area contributed by atoms with E-state index in [1.54, 1.807) is 6.33 Å². The standard InChI is InChI=1S/C18H23ClN4O3/c1-3-10-9(6-24)5-12(26)16(10)23-7-20-15-14-13(17(19)22-18(15)23)11(25)4-8(2)21-14/h7-10,12,16,21,24,26H,3-6H2,1-2H3/t8?,9?,10-,12+,16?/m0/s1. The van der Waals surface area contributed by atoms with Crippen LogP contribution in [0.5, 0.6) is 0 Å². The summed E-state index contributed by atoms with van der Waals surface area (Å²) in [5.74, 6) is 0.135. The molecule has 140 valence electrons. The first kappa shape index (κ1) is 17.7. The quantitative estimate of drug-likeness (QED) is 0.709. The molecule has 0 saturated heterocycles. The Kier molecular flexibility index (Phi) is 4.41. The Bertz CT molecular complexity index is 868. The molecule has 26 heavy (non-hydrogen) atoms. The first-order chi connectivity index (χ1) is 12.5. The highest BCUT2D eigenvalue weighted by atomic mass is 35.5. The van der Waals surface area contributed by atoms with Gasteiger partial charge < -0.3 is 20.1 Å². The summed E-state index contributed by atoms with van der Waals surface area (Å²) < 4.78 is 1.86. The van der Waals surface area contributed by atoms with Gasteiger partial charge in [-0.2, -0.15) is 0 Å². The van der Waals surface area contributed by atoms with E-state index in [1.165, 1.54) is 0 Å². The molecule has 0 amide bonds. The molecule has 1 aliphatic carbocycles. The molecule has 0 radical (unpaired) electrons. The monoisotopic (exact) mass is 378 g/mol. The predicted octanol–water partition coefficient (Wildman–Crippen LogP) is 2.41. The molecule has 1 fully saturated rings. The normalized spacial score (nSPS) is 31.3. The Labute approximate surface area is 156 Å². The third-order valence-corrected chi connectivity index (χ3v) is 6.11. The van der Waals surface area contributed by atoms with Crippen molar-refractivity contribution in [2.75, 3.05) is 11.9 Å². The second-order valence-corrected chi connectivity index (χ2v) is 7.82. The molecule has 1 saturated carbocycles. The van der Waals surface area contributed by atoms with Gasteiger partial charge in [-0.25, -0.2) is 9.97 Å². The molecule has 2 aliphatic rings. The maximum absolute atomic E-state index is 12.4. The number of anilines is 1. The SMILES string of the molecule is CC[C@H]1C(CO)C[C@@H](O)C1n1cnc2c3c(c(Cl)nc21)C(=O)CC(C)N3. The van der Waals surface area contributed by atoms with Crippen LogP contribution in [0.25, 0.3) is 11.2 Å². The zero-order valence-corrected chi connectivity index (χ0v) is 15.6. The van der Waals surface area contributed by atoms with E-state index in [0.29, 0.717) is 35.3 Å².